The molecule has 0 saturated carbocycles. The SMILES string of the molecule is O=[N+]([O-])c1cc(C(F)(F)F)cc([N+](=O)[O-])c1Oc1cccc(Oc2c([N+](=O)[O-])cc(C(F)(F)F)cc2[N+](=O)[O-])c1Oc1c([N+](=O)[O-])cc(C(F)(F)F)cc1[N+](=O)[O-]. The first-order chi connectivity index (χ1) is 26.1. The van der Waals surface area contributed by atoms with Crippen LogP contribution in [0.3, 0.4) is 0 Å². The first-order valence-electron chi connectivity index (χ1n) is 13.9. The van der Waals surface area contributed by atoms with Gasteiger partial charge >= 0.3 is 52.7 Å². The van der Waals surface area contributed by atoms with Crippen LogP contribution in [0.25, 0.3) is 0 Å². The Bertz CT molecular complexity index is 2180. The molecule has 0 spiro atoms. The molecule has 57 heavy (non-hydrogen) atoms. The lowest BCUT2D eigenvalue weighted by molar-refractivity contribution is -0.396. The van der Waals surface area contributed by atoms with Gasteiger partial charge in [-0.3, -0.25) is 60.7 Å². The third-order valence-corrected chi connectivity index (χ3v) is 6.88. The molecule has 300 valence electrons. The van der Waals surface area contributed by atoms with Crippen LogP contribution in [-0.2, 0) is 18.5 Å². The van der Waals surface area contributed by atoms with Gasteiger partial charge in [-0.25, -0.2) is 0 Å². The third-order valence-electron chi connectivity index (χ3n) is 6.88. The second kappa shape index (κ2) is 14.7. The Hall–Kier alpha value is -7.95. The zero-order chi connectivity index (χ0) is 43.1. The summed E-state index contributed by atoms with van der Waals surface area (Å²) in [6.45, 7) is 0. The summed E-state index contributed by atoms with van der Waals surface area (Å²) in [5, 5.41) is 71.2. The van der Waals surface area contributed by atoms with Crippen molar-refractivity contribution in [2.24, 2.45) is 0 Å². The molecule has 0 amide bonds. The largest absolute Gasteiger partial charge is 0.440 e. The number of para-hydroxylation sites is 1. The van der Waals surface area contributed by atoms with Crippen LogP contribution in [0.5, 0.6) is 34.5 Å². The van der Waals surface area contributed by atoms with E-state index in [4.69, 9.17) is 14.2 Å². The van der Waals surface area contributed by atoms with Gasteiger partial charge in [-0.1, -0.05) is 6.07 Å². The Kier molecular flexibility index (Phi) is 10.8. The number of nitrogens with zero attached hydrogens (tertiary/aromatic N) is 6. The standard InChI is InChI=1S/C27H9F9N6O15/c28-25(29,30)10-4-13(37(43)44)21(14(5-10)38(45)46)55-19-2-1-3-20(56-22-15(39(47)48)6-11(26(31,32)33)7-16(22)40(49)50)24(19)57-23-17(41(51)52)8-12(27(34,35)36)9-18(23)42(53)54/h1-9H. The molecular weight excluding hydrogens is 819 g/mol. The number of alkyl halides is 9. The molecule has 0 aromatic heterocycles. The molecule has 4 aromatic carbocycles. The van der Waals surface area contributed by atoms with Crippen molar-refractivity contribution in [2.75, 3.05) is 0 Å². The highest BCUT2D eigenvalue weighted by atomic mass is 19.4. The smallest absolute Gasteiger partial charge is 0.416 e. The summed E-state index contributed by atoms with van der Waals surface area (Å²) >= 11 is 0. The summed E-state index contributed by atoms with van der Waals surface area (Å²) in [4.78, 5) is 61.1. The van der Waals surface area contributed by atoms with Gasteiger partial charge in [0, 0.05) is 36.4 Å². The maximum absolute atomic E-state index is 13.6. The molecule has 21 nitrogen and oxygen atoms in total. The summed E-state index contributed by atoms with van der Waals surface area (Å²) in [6.07, 6.45) is -16.5. The molecule has 0 radical (unpaired) electrons. The topological polar surface area (TPSA) is 287 Å². The summed E-state index contributed by atoms with van der Waals surface area (Å²) in [5.74, 6) is -9.83. The van der Waals surface area contributed by atoms with Crippen molar-refractivity contribution in [3.05, 3.63) is 132 Å². The number of ether oxygens (including phenoxy) is 3. The van der Waals surface area contributed by atoms with Crippen LogP contribution in [0.2, 0.25) is 0 Å². The van der Waals surface area contributed by atoms with Crippen LogP contribution >= 0.6 is 0 Å². The van der Waals surface area contributed by atoms with E-state index in [1.807, 2.05) is 0 Å². The molecule has 0 aliphatic rings. The van der Waals surface area contributed by atoms with Crippen molar-refractivity contribution in [1.82, 2.24) is 0 Å². The molecule has 0 heterocycles. The van der Waals surface area contributed by atoms with Crippen molar-refractivity contribution in [3.63, 3.8) is 0 Å². The van der Waals surface area contributed by atoms with Gasteiger partial charge in [0.25, 0.3) is 17.2 Å². The number of nitro groups is 6. The Morgan fingerprint density at radius 1 is 0.368 bits per heavy atom. The van der Waals surface area contributed by atoms with E-state index in [-0.39, 0.29) is 36.4 Å². The Morgan fingerprint density at radius 3 is 0.772 bits per heavy atom. The van der Waals surface area contributed by atoms with Crippen LogP contribution in [0, 0.1) is 60.7 Å². The van der Waals surface area contributed by atoms with Gasteiger partial charge in [0.15, 0.2) is 11.5 Å². The van der Waals surface area contributed by atoms with Crippen molar-refractivity contribution < 1.29 is 83.3 Å². The predicted octanol–water partition coefficient (Wildman–Crippen LogP) is 9.57. The van der Waals surface area contributed by atoms with Crippen LogP contribution in [0.15, 0.2) is 54.6 Å². The van der Waals surface area contributed by atoms with Crippen LogP contribution in [0.4, 0.5) is 73.6 Å². The Labute approximate surface area is 302 Å². The highest BCUT2D eigenvalue weighted by Crippen LogP contribution is 2.54. The first kappa shape index (κ1) is 41.8. The van der Waals surface area contributed by atoms with Crippen LogP contribution in [0.1, 0.15) is 16.7 Å². The minimum atomic E-state index is -5.54. The molecule has 0 aliphatic heterocycles. The molecule has 4 rings (SSSR count). The van der Waals surface area contributed by atoms with Gasteiger partial charge in [-0.15, -0.1) is 0 Å². The second-order valence-corrected chi connectivity index (χ2v) is 10.5. The lowest BCUT2D eigenvalue weighted by Gasteiger charge is -2.18. The molecule has 0 N–H and O–H groups in total. The van der Waals surface area contributed by atoms with Gasteiger partial charge in [-0.05, 0) is 12.1 Å². The maximum atomic E-state index is 13.6. The summed E-state index contributed by atoms with van der Waals surface area (Å²) in [6, 6.07) is -0.403. The van der Waals surface area contributed by atoms with Gasteiger partial charge < -0.3 is 14.2 Å². The molecule has 30 heteroatoms. The highest BCUT2D eigenvalue weighted by molar-refractivity contribution is 5.70. The fraction of sp³-hybridized carbons (Fsp3) is 0.111. The van der Waals surface area contributed by atoms with E-state index < -0.39 is 133 Å². The number of halogens is 9. The average Bonchev–Trinajstić information content (AvgIpc) is 3.07. The van der Waals surface area contributed by atoms with Crippen LogP contribution in [-0.4, -0.2) is 29.5 Å². The zero-order valence-corrected chi connectivity index (χ0v) is 26.4. The molecular formula is C27H9F9N6O15. The van der Waals surface area contributed by atoms with Crippen molar-refractivity contribution >= 4 is 34.1 Å². The molecule has 4 aromatic rings. The van der Waals surface area contributed by atoms with E-state index in [0.29, 0.717) is 18.2 Å². The average molecular weight is 828 g/mol. The monoisotopic (exact) mass is 828 g/mol. The van der Waals surface area contributed by atoms with Gasteiger partial charge in [0.2, 0.25) is 5.75 Å². The fourth-order valence-electron chi connectivity index (χ4n) is 4.49. The molecule has 0 unspecified atom stereocenters. The van der Waals surface area contributed by atoms with E-state index in [9.17, 15) is 100 Å². The summed E-state index contributed by atoms with van der Waals surface area (Å²) < 4.78 is 137. The number of benzene rings is 4. The molecule has 0 fully saturated rings. The number of rotatable bonds is 12. The van der Waals surface area contributed by atoms with Crippen LogP contribution < -0.4 is 14.2 Å². The summed E-state index contributed by atoms with van der Waals surface area (Å²) in [7, 11) is 0. The number of hydrogen-bond acceptors (Lipinski definition) is 15. The second-order valence-electron chi connectivity index (χ2n) is 10.5. The van der Waals surface area contributed by atoms with Crippen molar-refractivity contribution in [2.45, 2.75) is 18.5 Å². The van der Waals surface area contributed by atoms with E-state index in [1.54, 1.807) is 0 Å². The third kappa shape index (κ3) is 8.73. The fourth-order valence-corrected chi connectivity index (χ4v) is 4.49. The quantitative estimate of drug-likeness (QED) is 0.0729. The zero-order valence-electron chi connectivity index (χ0n) is 26.4. The summed E-state index contributed by atoms with van der Waals surface area (Å²) in [5.41, 5.74) is -17.4. The lowest BCUT2D eigenvalue weighted by Crippen LogP contribution is -2.10. The number of nitro benzene ring substituents is 6. The van der Waals surface area contributed by atoms with Crippen molar-refractivity contribution in [1.29, 1.82) is 0 Å². The van der Waals surface area contributed by atoms with Gasteiger partial charge in [-0.2, -0.15) is 39.5 Å². The van der Waals surface area contributed by atoms with E-state index in [2.05, 4.69) is 0 Å². The minimum absolute atomic E-state index is 0.302. The van der Waals surface area contributed by atoms with Crippen molar-refractivity contribution in [3.8, 4) is 34.5 Å². The predicted molar refractivity (Wildman–Crippen MR) is 161 cm³/mol. The van der Waals surface area contributed by atoms with E-state index >= 15 is 0 Å². The first-order valence-corrected chi connectivity index (χ1v) is 13.9. The normalized spacial score (nSPS) is 11.7. The maximum Gasteiger partial charge on any atom is 0.416 e. The van der Waals surface area contributed by atoms with E-state index in [0.717, 1.165) is 0 Å². The van der Waals surface area contributed by atoms with E-state index in [1.165, 1.54) is 0 Å². The molecule has 0 saturated heterocycles. The van der Waals surface area contributed by atoms with Gasteiger partial charge in [0.1, 0.15) is 0 Å². The molecule has 0 aliphatic carbocycles. The molecule has 0 atom stereocenters. The highest BCUT2D eigenvalue weighted by Gasteiger charge is 2.43. The Balaban J connectivity index is 2.16. The molecule has 0 bridgehead atoms. The van der Waals surface area contributed by atoms with Gasteiger partial charge in [0.05, 0.1) is 46.2 Å². The lowest BCUT2D eigenvalue weighted by atomic mass is 10.1. The Morgan fingerprint density at radius 2 is 0.579 bits per heavy atom. The minimum Gasteiger partial charge on any atom is -0.440 e. The number of hydrogen-bond donors (Lipinski definition) is 0.